The lowest BCUT2D eigenvalue weighted by molar-refractivity contribution is -0.117. The first-order chi connectivity index (χ1) is 12.2. The van der Waals surface area contributed by atoms with Crippen molar-refractivity contribution in [2.75, 3.05) is 18.6 Å². The van der Waals surface area contributed by atoms with Gasteiger partial charge in [-0.2, -0.15) is 4.98 Å². The van der Waals surface area contributed by atoms with E-state index in [1.165, 1.54) is 6.26 Å². The van der Waals surface area contributed by atoms with Crippen LogP contribution in [0.1, 0.15) is 18.2 Å². The second-order valence-electron chi connectivity index (χ2n) is 5.66. The summed E-state index contributed by atoms with van der Waals surface area (Å²) in [5.74, 6) is 1.69. The van der Waals surface area contributed by atoms with Crippen LogP contribution >= 0.6 is 11.6 Å². The minimum atomic E-state index is -0.152. The Kier molecular flexibility index (Phi) is 3.93. The van der Waals surface area contributed by atoms with E-state index in [9.17, 15) is 4.79 Å². The van der Waals surface area contributed by atoms with Gasteiger partial charge in [-0.3, -0.25) is 4.79 Å². The summed E-state index contributed by atoms with van der Waals surface area (Å²) in [6, 6.07) is 8.73. The molecule has 0 bridgehead atoms. The van der Waals surface area contributed by atoms with Crippen LogP contribution in [0.25, 0.3) is 11.7 Å². The number of furan rings is 1. The maximum absolute atomic E-state index is 12.4. The molecule has 3 aromatic rings. The van der Waals surface area contributed by atoms with Gasteiger partial charge in [0.2, 0.25) is 5.91 Å². The van der Waals surface area contributed by atoms with E-state index in [4.69, 9.17) is 25.3 Å². The topological polar surface area (TPSA) is 81.6 Å². The molecular weight excluding hydrogens is 346 g/mol. The molecule has 0 aliphatic carbocycles. The zero-order valence-electron chi connectivity index (χ0n) is 13.3. The Morgan fingerprint density at radius 1 is 1.36 bits per heavy atom. The molecule has 1 fully saturated rings. The Balaban J connectivity index is 1.55. The van der Waals surface area contributed by atoms with Gasteiger partial charge in [0, 0.05) is 24.6 Å². The highest BCUT2D eigenvalue weighted by atomic mass is 35.5. The summed E-state index contributed by atoms with van der Waals surface area (Å²) in [4.78, 5) is 18.4. The summed E-state index contributed by atoms with van der Waals surface area (Å²) in [6.07, 6.45) is 1.84. The van der Waals surface area contributed by atoms with Crippen molar-refractivity contribution in [1.82, 2.24) is 10.1 Å². The Morgan fingerprint density at radius 2 is 2.24 bits per heavy atom. The zero-order valence-corrected chi connectivity index (χ0v) is 14.1. The van der Waals surface area contributed by atoms with Crippen molar-refractivity contribution < 1.29 is 18.5 Å². The highest BCUT2D eigenvalue weighted by molar-refractivity contribution is 6.32. The molecule has 1 aliphatic rings. The molecule has 1 aliphatic heterocycles. The lowest BCUT2D eigenvalue weighted by Gasteiger charge is -2.17. The predicted octanol–water partition coefficient (Wildman–Crippen LogP) is 3.51. The molecule has 25 heavy (non-hydrogen) atoms. The molecule has 0 spiro atoms. The number of methoxy groups -OCH3 is 1. The number of rotatable bonds is 4. The number of hydrogen-bond acceptors (Lipinski definition) is 6. The number of halogens is 1. The first kappa shape index (κ1) is 15.7. The van der Waals surface area contributed by atoms with Gasteiger partial charge < -0.3 is 18.6 Å². The largest absolute Gasteiger partial charge is 0.495 e. The highest BCUT2D eigenvalue weighted by Gasteiger charge is 2.35. The first-order valence-corrected chi connectivity index (χ1v) is 8.05. The van der Waals surface area contributed by atoms with Crippen molar-refractivity contribution in [1.29, 1.82) is 0 Å². The second-order valence-corrected chi connectivity index (χ2v) is 6.07. The van der Waals surface area contributed by atoms with Crippen LogP contribution in [0.2, 0.25) is 5.02 Å². The molecule has 1 saturated heterocycles. The molecule has 8 heteroatoms. The van der Waals surface area contributed by atoms with Crippen LogP contribution in [0.3, 0.4) is 0 Å². The minimum Gasteiger partial charge on any atom is -0.495 e. The average molecular weight is 360 g/mol. The third-order valence-electron chi connectivity index (χ3n) is 4.11. The van der Waals surface area contributed by atoms with Gasteiger partial charge in [-0.1, -0.05) is 16.8 Å². The highest BCUT2D eigenvalue weighted by Crippen LogP contribution is 2.35. The maximum Gasteiger partial charge on any atom is 0.293 e. The van der Waals surface area contributed by atoms with E-state index in [0.29, 0.717) is 46.9 Å². The number of hydrogen-bond donors (Lipinski definition) is 0. The van der Waals surface area contributed by atoms with Crippen molar-refractivity contribution >= 4 is 23.2 Å². The number of amides is 1. The molecule has 3 heterocycles. The number of aromatic nitrogens is 2. The Morgan fingerprint density at radius 3 is 2.96 bits per heavy atom. The molecule has 4 rings (SSSR count). The van der Waals surface area contributed by atoms with E-state index in [1.807, 2.05) is 0 Å². The summed E-state index contributed by atoms with van der Waals surface area (Å²) < 4.78 is 15.6. The molecule has 1 atom stereocenters. The number of carbonyl (C=O) groups excluding carboxylic acids is 1. The van der Waals surface area contributed by atoms with Crippen molar-refractivity contribution in [3.8, 4) is 17.4 Å². The van der Waals surface area contributed by atoms with E-state index in [1.54, 1.807) is 42.3 Å². The molecule has 2 aromatic heterocycles. The molecule has 1 unspecified atom stereocenters. The van der Waals surface area contributed by atoms with Crippen molar-refractivity contribution in [2.24, 2.45) is 0 Å². The molecule has 7 nitrogen and oxygen atoms in total. The molecule has 1 aromatic carbocycles. The first-order valence-electron chi connectivity index (χ1n) is 7.67. The van der Waals surface area contributed by atoms with Crippen LogP contribution < -0.4 is 9.64 Å². The predicted molar refractivity (Wildman–Crippen MR) is 89.7 cm³/mol. The van der Waals surface area contributed by atoms with E-state index in [0.717, 1.165) is 0 Å². The van der Waals surface area contributed by atoms with Gasteiger partial charge in [0.1, 0.15) is 5.75 Å². The Bertz CT molecular complexity index is 907. The summed E-state index contributed by atoms with van der Waals surface area (Å²) >= 11 is 6.16. The fraction of sp³-hybridized carbons (Fsp3) is 0.235. The molecule has 0 N–H and O–H groups in total. The molecule has 128 valence electrons. The fourth-order valence-electron chi connectivity index (χ4n) is 2.85. The van der Waals surface area contributed by atoms with E-state index >= 15 is 0 Å². The summed E-state index contributed by atoms with van der Waals surface area (Å²) in [5, 5.41) is 4.45. The fourth-order valence-corrected chi connectivity index (χ4v) is 3.11. The van der Waals surface area contributed by atoms with Crippen LogP contribution in [0.5, 0.6) is 5.75 Å². The quantitative estimate of drug-likeness (QED) is 0.709. The van der Waals surface area contributed by atoms with Gasteiger partial charge in [0.25, 0.3) is 5.89 Å². The maximum atomic E-state index is 12.4. The third kappa shape index (κ3) is 2.87. The summed E-state index contributed by atoms with van der Waals surface area (Å²) in [7, 11) is 1.55. The van der Waals surface area contributed by atoms with Gasteiger partial charge >= 0.3 is 0 Å². The standard InChI is InChI=1S/C17H14ClN3O4/c1-23-13-5-4-11(8-12(13)18)21-9-10(7-15(21)22)16-19-17(25-20-16)14-3-2-6-24-14/h2-6,8,10H,7,9H2,1H3. The minimum absolute atomic E-state index is 0.0180. The average Bonchev–Trinajstić information content (AvgIpc) is 3.34. The number of nitrogens with zero attached hydrogens (tertiary/aromatic N) is 3. The monoisotopic (exact) mass is 359 g/mol. The van der Waals surface area contributed by atoms with Crippen molar-refractivity contribution in [3.63, 3.8) is 0 Å². The Hall–Kier alpha value is -2.80. The second kappa shape index (κ2) is 6.25. The number of anilines is 1. The van der Waals surface area contributed by atoms with Gasteiger partial charge in [-0.25, -0.2) is 0 Å². The third-order valence-corrected chi connectivity index (χ3v) is 4.41. The molecule has 0 radical (unpaired) electrons. The van der Waals surface area contributed by atoms with Crippen molar-refractivity contribution in [2.45, 2.75) is 12.3 Å². The summed E-state index contributed by atoms with van der Waals surface area (Å²) in [6.45, 7) is 0.457. The number of carbonyl (C=O) groups is 1. The lowest BCUT2D eigenvalue weighted by atomic mass is 10.1. The van der Waals surface area contributed by atoms with E-state index < -0.39 is 0 Å². The van der Waals surface area contributed by atoms with E-state index in [-0.39, 0.29) is 11.8 Å². The SMILES string of the molecule is COc1ccc(N2CC(c3noc(-c4ccco4)n3)CC2=O)cc1Cl. The van der Waals surface area contributed by atoms with Gasteiger partial charge in [0.15, 0.2) is 11.6 Å². The Labute approximate surface area is 148 Å². The van der Waals surface area contributed by atoms with Crippen molar-refractivity contribution in [3.05, 3.63) is 47.4 Å². The smallest absolute Gasteiger partial charge is 0.293 e. The van der Waals surface area contributed by atoms with Gasteiger partial charge in [0.05, 0.1) is 18.4 Å². The molecule has 1 amide bonds. The lowest BCUT2D eigenvalue weighted by Crippen LogP contribution is -2.24. The number of benzene rings is 1. The van der Waals surface area contributed by atoms with Crippen LogP contribution in [-0.2, 0) is 4.79 Å². The van der Waals surface area contributed by atoms with Crippen LogP contribution in [0.4, 0.5) is 5.69 Å². The molecule has 0 saturated carbocycles. The van der Waals surface area contributed by atoms with Crippen LogP contribution in [0.15, 0.2) is 45.5 Å². The zero-order chi connectivity index (χ0) is 17.4. The molecular formula is C17H14ClN3O4. The van der Waals surface area contributed by atoms with E-state index in [2.05, 4.69) is 10.1 Å². The normalized spacial score (nSPS) is 17.3. The number of ether oxygens (including phenoxy) is 1. The van der Waals surface area contributed by atoms with Crippen LogP contribution in [-0.4, -0.2) is 29.7 Å². The van der Waals surface area contributed by atoms with Crippen LogP contribution in [0, 0.1) is 0 Å². The van der Waals surface area contributed by atoms with Gasteiger partial charge in [-0.05, 0) is 30.3 Å². The van der Waals surface area contributed by atoms with Gasteiger partial charge in [-0.15, -0.1) is 0 Å². The summed E-state index contributed by atoms with van der Waals surface area (Å²) in [5.41, 5.74) is 0.716.